The van der Waals surface area contributed by atoms with Crippen LogP contribution in [-0.2, 0) is 9.53 Å². The van der Waals surface area contributed by atoms with Crippen LogP contribution < -0.4 is 10.6 Å². The maximum Gasteiger partial charge on any atom is 0.236 e. The first-order valence-electron chi connectivity index (χ1n) is 7.15. The highest BCUT2D eigenvalue weighted by atomic mass is 16.5. The zero-order valence-electron chi connectivity index (χ0n) is 12.8. The third kappa shape index (κ3) is 5.89. The second kappa shape index (κ2) is 7.82. The van der Waals surface area contributed by atoms with E-state index in [9.17, 15) is 4.79 Å². The van der Waals surface area contributed by atoms with Crippen LogP contribution in [0.1, 0.15) is 26.7 Å². The monoisotopic (exact) mass is 271 g/mol. The van der Waals surface area contributed by atoms with Crippen molar-refractivity contribution in [3.05, 3.63) is 0 Å². The van der Waals surface area contributed by atoms with Crippen LogP contribution in [0.4, 0.5) is 0 Å². The van der Waals surface area contributed by atoms with Crippen LogP contribution in [0.25, 0.3) is 0 Å². The first kappa shape index (κ1) is 16.4. The van der Waals surface area contributed by atoms with Crippen molar-refractivity contribution in [3.8, 4) is 0 Å². The summed E-state index contributed by atoms with van der Waals surface area (Å²) in [7, 11) is 3.80. The van der Waals surface area contributed by atoms with Gasteiger partial charge < -0.3 is 20.3 Å². The summed E-state index contributed by atoms with van der Waals surface area (Å²) >= 11 is 0. The second-order valence-electron chi connectivity index (χ2n) is 6.00. The van der Waals surface area contributed by atoms with Crippen molar-refractivity contribution in [1.29, 1.82) is 0 Å². The fourth-order valence-corrected chi connectivity index (χ4v) is 2.26. The van der Waals surface area contributed by atoms with Gasteiger partial charge in [-0.3, -0.25) is 4.79 Å². The van der Waals surface area contributed by atoms with Gasteiger partial charge in [-0.25, -0.2) is 0 Å². The van der Waals surface area contributed by atoms with E-state index in [4.69, 9.17) is 4.74 Å². The molecule has 1 unspecified atom stereocenters. The summed E-state index contributed by atoms with van der Waals surface area (Å²) in [5.74, 6) is 0.0496. The van der Waals surface area contributed by atoms with Crippen LogP contribution in [0, 0.1) is 5.41 Å². The molecule has 0 saturated carbocycles. The van der Waals surface area contributed by atoms with Crippen molar-refractivity contribution in [2.24, 2.45) is 5.41 Å². The molecule has 112 valence electrons. The van der Waals surface area contributed by atoms with E-state index in [2.05, 4.69) is 29.5 Å². The van der Waals surface area contributed by atoms with Crippen LogP contribution in [0.3, 0.4) is 0 Å². The smallest absolute Gasteiger partial charge is 0.236 e. The molecule has 1 aliphatic heterocycles. The Balaban J connectivity index is 2.25. The number of ether oxygens (including phenoxy) is 1. The molecule has 2 N–H and O–H groups in total. The van der Waals surface area contributed by atoms with E-state index in [1.807, 2.05) is 6.92 Å². The zero-order chi connectivity index (χ0) is 14.3. The Kier molecular flexibility index (Phi) is 6.75. The SMILES string of the molecule is COCCNC(=O)C(C)NCC1(C)CCN(C)CC1. The fraction of sp³-hybridized carbons (Fsp3) is 0.929. The quantitative estimate of drug-likeness (QED) is 0.661. The number of amides is 1. The average Bonchev–Trinajstić information content (AvgIpc) is 2.40. The summed E-state index contributed by atoms with van der Waals surface area (Å²) in [5.41, 5.74) is 0.313. The summed E-state index contributed by atoms with van der Waals surface area (Å²) in [5, 5.41) is 6.22. The molecule has 1 rings (SSSR count). The van der Waals surface area contributed by atoms with Gasteiger partial charge in [-0.2, -0.15) is 0 Å². The molecule has 1 atom stereocenters. The largest absolute Gasteiger partial charge is 0.383 e. The Morgan fingerprint density at radius 2 is 2.05 bits per heavy atom. The van der Waals surface area contributed by atoms with E-state index in [1.54, 1.807) is 7.11 Å². The first-order chi connectivity index (χ1) is 8.97. The Labute approximate surface area is 117 Å². The van der Waals surface area contributed by atoms with Crippen molar-refractivity contribution in [2.45, 2.75) is 32.7 Å². The molecule has 1 amide bonds. The number of hydrogen-bond donors (Lipinski definition) is 2. The van der Waals surface area contributed by atoms with Gasteiger partial charge in [-0.05, 0) is 45.3 Å². The van der Waals surface area contributed by atoms with Crippen molar-refractivity contribution in [2.75, 3.05) is 46.9 Å². The van der Waals surface area contributed by atoms with Crippen LogP contribution in [0.2, 0.25) is 0 Å². The molecule has 1 saturated heterocycles. The lowest BCUT2D eigenvalue weighted by Gasteiger charge is -2.38. The lowest BCUT2D eigenvalue weighted by Crippen LogP contribution is -2.48. The molecular weight excluding hydrogens is 242 g/mol. The molecular formula is C14H29N3O2. The van der Waals surface area contributed by atoms with Crippen LogP contribution in [-0.4, -0.2) is 63.8 Å². The highest BCUT2D eigenvalue weighted by Gasteiger charge is 2.29. The predicted molar refractivity (Wildman–Crippen MR) is 77.2 cm³/mol. The van der Waals surface area contributed by atoms with E-state index >= 15 is 0 Å². The van der Waals surface area contributed by atoms with E-state index in [-0.39, 0.29) is 11.9 Å². The highest BCUT2D eigenvalue weighted by molar-refractivity contribution is 5.81. The number of nitrogens with zero attached hydrogens (tertiary/aromatic N) is 1. The summed E-state index contributed by atoms with van der Waals surface area (Å²) < 4.78 is 4.91. The van der Waals surface area contributed by atoms with E-state index in [0.717, 1.165) is 19.6 Å². The van der Waals surface area contributed by atoms with Crippen LogP contribution in [0.15, 0.2) is 0 Å². The Morgan fingerprint density at radius 3 is 2.63 bits per heavy atom. The van der Waals surface area contributed by atoms with Gasteiger partial charge in [0.2, 0.25) is 5.91 Å². The third-order valence-corrected chi connectivity index (χ3v) is 4.03. The normalized spacial score (nSPS) is 21.1. The lowest BCUT2D eigenvalue weighted by molar-refractivity contribution is -0.123. The maximum atomic E-state index is 11.8. The summed E-state index contributed by atoms with van der Waals surface area (Å²) in [6.07, 6.45) is 2.38. The average molecular weight is 271 g/mol. The predicted octanol–water partition coefficient (Wildman–Crippen LogP) is 0.459. The number of carbonyl (C=O) groups excluding carboxylic acids is 1. The molecule has 1 heterocycles. The van der Waals surface area contributed by atoms with Gasteiger partial charge >= 0.3 is 0 Å². The number of rotatable bonds is 7. The van der Waals surface area contributed by atoms with Crippen LogP contribution in [0.5, 0.6) is 0 Å². The molecule has 0 aromatic heterocycles. The highest BCUT2D eigenvalue weighted by Crippen LogP contribution is 2.29. The van der Waals surface area contributed by atoms with Crippen molar-refractivity contribution < 1.29 is 9.53 Å². The topological polar surface area (TPSA) is 53.6 Å². The third-order valence-electron chi connectivity index (χ3n) is 4.03. The van der Waals surface area contributed by atoms with E-state index in [1.165, 1.54) is 12.8 Å². The molecule has 0 radical (unpaired) electrons. The van der Waals surface area contributed by atoms with Gasteiger partial charge in [0.15, 0.2) is 0 Å². The molecule has 0 aromatic rings. The zero-order valence-corrected chi connectivity index (χ0v) is 12.8. The number of likely N-dealkylation sites (tertiary alicyclic amines) is 1. The number of hydrogen-bond acceptors (Lipinski definition) is 4. The molecule has 19 heavy (non-hydrogen) atoms. The van der Waals surface area contributed by atoms with E-state index in [0.29, 0.717) is 18.6 Å². The molecule has 5 heteroatoms. The molecule has 0 bridgehead atoms. The van der Waals surface area contributed by atoms with Gasteiger partial charge in [0.25, 0.3) is 0 Å². The Morgan fingerprint density at radius 1 is 1.42 bits per heavy atom. The van der Waals surface area contributed by atoms with E-state index < -0.39 is 0 Å². The lowest BCUT2D eigenvalue weighted by atomic mass is 9.80. The summed E-state index contributed by atoms with van der Waals surface area (Å²) in [4.78, 5) is 14.2. The van der Waals surface area contributed by atoms with Gasteiger partial charge in [0.05, 0.1) is 12.6 Å². The van der Waals surface area contributed by atoms with Gasteiger partial charge in [-0.15, -0.1) is 0 Å². The minimum atomic E-state index is -0.145. The summed E-state index contributed by atoms with van der Waals surface area (Å²) in [6.45, 7) is 8.55. The fourth-order valence-electron chi connectivity index (χ4n) is 2.26. The second-order valence-corrected chi connectivity index (χ2v) is 6.00. The van der Waals surface area contributed by atoms with Crippen molar-refractivity contribution >= 4 is 5.91 Å². The molecule has 5 nitrogen and oxygen atoms in total. The number of nitrogens with one attached hydrogen (secondary N) is 2. The van der Waals surface area contributed by atoms with Gasteiger partial charge in [0.1, 0.15) is 0 Å². The molecule has 1 aliphatic rings. The minimum absolute atomic E-state index is 0.0496. The molecule has 1 fully saturated rings. The Bertz CT molecular complexity index is 276. The number of carbonyl (C=O) groups is 1. The minimum Gasteiger partial charge on any atom is -0.383 e. The molecule has 0 aromatic carbocycles. The van der Waals surface area contributed by atoms with Gasteiger partial charge in [-0.1, -0.05) is 6.92 Å². The molecule has 0 aliphatic carbocycles. The number of piperidine rings is 1. The Hall–Kier alpha value is -0.650. The van der Waals surface area contributed by atoms with Crippen molar-refractivity contribution in [3.63, 3.8) is 0 Å². The first-order valence-corrected chi connectivity index (χ1v) is 7.15. The standard InChI is InChI=1S/C14H29N3O2/c1-12(13(18)15-7-10-19-4)16-11-14(2)5-8-17(3)9-6-14/h12,16H,5-11H2,1-4H3,(H,15,18). The maximum absolute atomic E-state index is 11.8. The number of methoxy groups -OCH3 is 1. The molecule has 0 spiro atoms. The van der Waals surface area contributed by atoms with Gasteiger partial charge in [0, 0.05) is 20.2 Å². The van der Waals surface area contributed by atoms with Crippen molar-refractivity contribution in [1.82, 2.24) is 15.5 Å². The summed E-state index contributed by atoms with van der Waals surface area (Å²) in [6, 6.07) is -0.145. The van der Waals surface area contributed by atoms with Crippen LogP contribution >= 0.6 is 0 Å².